The van der Waals surface area contributed by atoms with E-state index < -0.39 is 43.8 Å². The van der Waals surface area contributed by atoms with Gasteiger partial charge in [0.2, 0.25) is 0 Å². The number of alkyl halides is 3. The van der Waals surface area contributed by atoms with Gasteiger partial charge in [-0.1, -0.05) is 0 Å². The van der Waals surface area contributed by atoms with Crippen LogP contribution in [0, 0.1) is 10.8 Å². The van der Waals surface area contributed by atoms with Crippen LogP contribution in [-0.2, 0) is 47.6 Å². The van der Waals surface area contributed by atoms with Crippen molar-refractivity contribution in [3.63, 3.8) is 0 Å². The van der Waals surface area contributed by atoms with Gasteiger partial charge in [0.15, 0.2) is 5.78 Å². The molecule has 0 aliphatic heterocycles. The summed E-state index contributed by atoms with van der Waals surface area (Å²) in [5.74, 6) is -1.67. The van der Waals surface area contributed by atoms with Crippen molar-refractivity contribution in [1.29, 1.82) is 0 Å². The van der Waals surface area contributed by atoms with Gasteiger partial charge in [-0.25, -0.2) is 0 Å². The number of ether oxygens (including phenoxy) is 4. The first-order chi connectivity index (χ1) is 18.1. The molecule has 10 nitrogen and oxygen atoms in total. The molecule has 0 aromatic rings. The zero-order chi connectivity index (χ0) is 29.3. The molecule has 4 saturated carbocycles. The Balaban J connectivity index is 0.000000230. The van der Waals surface area contributed by atoms with E-state index in [-0.39, 0.29) is 36.8 Å². The zero-order valence-corrected chi connectivity index (χ0v) is 23.3. The van der Waals surface area contributed by atoms with Gasteiger partial charge in [-0.05, 0) is 71.3 Å². The van der Waals surface area contributed by atoms with Crippen molar-refractivity contribution in [2.24, 2.45) is 10.8 Å². The van der Waals surface area contributed by atoms with E-state index in [1.54, 1.807) is 21.0 Å². The Morgan fingerprint density at radius 2 is 1.33 bits per heavy atom. The van der Waals surface area contributed by atoms with Gasteiger partial charge in [0, 0.05) is 20.6 Å². The van der Waals surface area contributed by atoms with Crippen molar-refractivity contribution in [3.05, 3.63) is 11.8 Å². The summed E-state index contributed by atoms with van der Waals surface area (Å²) in [6, 6.07) is 0. The highest BCUT2D eigenvalue weighted by Crippen LogP contribution is 2.55. The lowest BCUT2D eigenvalue weighted by atomic mass is 9.58. The van der Waals surface area contributed by atoms with E-state index >= 15 is 0 Å². The number of esters is 2. The number of Topliss-reactive ketones (excluding diaryl/α,β-unsaturated/α-hetero) is 1. The van der Waals surface area contributed by atoms with Gasteiger partial charge in [-0.2, -0.15) is 21.6 Å². The summed E-state index contributed by atoms with van der Waals surface area (Å²) in [6.45, 7) is 3.68. The highest BCUT2D eigenvalue weighted by Gasteiger charge is 2.60. The molecular formula is C25H35F3O10S. The molecule has 0 aromatic heterocycles. The van der Waals surface area contributed by atoms with Crippen LogP contribution in [0.15, 0.2) is 11.8 Å². The first-order valence-electron chi connectivity index (χ1n) is 12.8. The maximum Gasteiger partial charge on any atom is 0.534 e. The zero-order valence-electron chi connectivity index (χ0n) is 22.5. The Bertz CT molecular complexity index is 1100. The molecule has 6 aliphatic carbocycles. The first kappa shape index (κ1) is 31.3. The molecule has 0 N–H and O–H groups in total. The summed E-state index contributed by atoms with van der Waals surface area (Å²) in [6.07, 6.45) is 5.18. The van der Waals surface area contributed by atoms with Crippen LogP contribution in [0.1, 0.15) is 71.6 Å². The number of halogens is 3. The second kappa shape index (κ2) is 11.0. The molecule has 222 valence electrons. The van der Waals surface area contributed by atoms with Gasteiger partial charge in [0.25, 0.3) is 0 Å². The van der Waals surface area contributed by atoms with Crippen LogP contribution in [0.4, 0.5) is 13.2 Å². The number of hydrogen-bond donors (Lipinski definition) is 0. The van der Waals surface area contributed by atoms with Crippen LogP contribution >= 0.6 is 0 Å². The third-order valence-electron chi connectivity index (χ3n) is 8.50. The van der Waals surface area contributed by atoms with E-state index in [1.807, 2.05) is 0 Å². The minimum absolute atomic E-state index is 0.00491. The maximum atomic E-state index is 12.6. The molecule has 0 amide bonds. The van der Waals surface area contributed by atoms with Crippen molar-refractivity contribution < 1.29 is 59.1 Å². The van der Waals surface area contributed by atoms with Crippen LogP contribution in [0.2, 0.25) is 0 Å². The molecule has 6 aliphatic rings. The molecule has 14 heteroatoms. The fourth-order valence-electron chi connectivity index (χ4n) is 5.89. The minimum atomic E-state index is -5.87. The van der Waals surface area contributed by atoms with Crippen molar-refractivity contribution in [1.82, 2.24) is 0 Å². The van der Waals surface area contributed by atoms with Crippen molar-refractivity contribution >= 4 is 27.8 Å². The Morgan fingerprint density at radius 1 is 0.846 bits per heavy atom. The third kappa shape index (κ3) is 5.56. The quantitative estimate of drug-likeness (QED) is 0.180. The predicted molar refractivity (Wildman–Crippen MR) is 128 cm³/mol. The van der Waals surface area contributed by atoms with E-state index in [1.165, 1.54) is 13.2 Å². The molecule has 39 heavy (non-hydrogen) atoms. The fraction of sp³-hybridized carbons (Fsp3) is 0.800. The summed E-state index contributed by atoms with van der Waals surface area (Å²) in [4.78, 5) is 36.2. The lowest BCUT2D eigenvalue weighted by Gasteiger charge is -2.49. The lowest BCUT2D eigenvalue weighted by molar-refractivity contribution is -0.179. The number of rotatable bonds is 8. The SMILES string of the molecule is CCOC(=O)C12CCC(OC)(C=C1OS(=O)(=O)C(F)(F)F)CC2.CCOC(=O)C12CCC(OC)(CC1)CC2=O. The van der Waals surface area contributed by atoms with Crippen molar-refractivity contribution in [2.75, 3.05) is 27.4 Å². The van der Waals surface area contributed by atoms with Gasteiger partial charge in [0.1, 0.15) is 16.6 Å². The number of carbonyl (C=O) groups is 3. The van der Waals surface area contributed by atoms with Gasteiger partial charge >= 0.3 is 27.6 Å². The van der Waals surface area contributed by atoms with Crippen LogP contribution in [0.25, 0.3) is 0 Å². The monoisotopic (exact) mass is 584 g/mol. The minimum Gasteiger partial charge on any atom is -0.465 e. The molecule has 6 rings (SSSR count). The number of hydrogen-bond acceptors (Lipinski definition) is 10. The molecule has 0 atom stereocenters. The average molecular weight is 585 g/mol. The Labute approximate surface area is 225 Å². The summed E-state index contributed by atoms with van der Waals surface area (Å²) in [5, 5.41) is 0. The standard InChI is InChI=1S/C13H17F3O6S.C12H18O4/c1-3-21-10(17)12-6-4-11(20-2,5-7-12)8-9(12)22-23(18,19)13(14,15)16;1-3-16-10(14)12-6-4-11(15-2,5-7-12)8-9(12)13/h8H,3-7H2,1-2H3;3-8H2,1-2H3. The smallest absolute Gasteiger partial charge is 0.465 e. The van der Waals surface area contributed by atoms with E-state index in [4.69, 9.17) is 18.9 Å². The number of ketones is 1. The van der Waals surface area contributed by atoms with E-state index in [0.29, 0.717) is 38.7 Å². The summed E-state index contributed by atoms with van der Waals surface area (Å²) < 4.78 is 85.4. The molecule has 0 spiro atoms. The highest BCUT2D eigenvalue weighted by molar-refractivity contribution is 7.87. The first-order valence-corrected chi connectivity index (χ1v) is 14.2. The second-order valence-electron chi connectivity index (χ2n) is 10.4. The Kier molecular flexibility index (Phi) is 8.84. The van der Waals surface area contributed by atoms with E-state index in [0.717, 1.165) is 12.8 Å². The summed E-state index contributed by atoms with van der Waals surface area (Å²) >= 11 is 0. The molecule has 0 heterocycles. The molecule has 4 fully saturated rings. The van der Waals surface area contributed by atoms with E-state index in [2.05, 4.69) is 4.18 Å². The normalized spacial score (nSPS) is 33.5. The molecule has 4 bridgehead atoms. The van der Waals surface area contributed by atoms with Crippen molar-refractivity contribution in [3.8, 4) is 0 Å². The summed E-state index contributed by atoms with van der Waals surface area (Å²) in [7, 11) is -2.85. The lowest BCUT2D eigenvalue weighted by Crippen LogP contribution is -2.56. The van der Waals surface area contributed by atoms with Gasteiger partial charge < -0.3 is 23.1 Å². The van der Waals surface area contributed by atoms with Crippen LogP contribution in [0.3, 0.4) is 0 Å². The van der Waals surface area contributed by atoms with Crippen molar-refractivity contribution in [2.45, 2.75) is 88.3 Å². The molecular weight excluding hydrogens is 549 g/mol. The van der Waals surface area contributed by atoms with Gasteiger partial charge in [-0.15, -0.1) is 0 Å². The van der Waals surface area contributed by atoms with Crippen LogP contribution in [-0.4, -0.2) is 70.3 Å². The number of fused-ring (bicyclic) bond motifs is 5. The van der Waals surface area contributed by atoms with E-state index in [9.17, 15) is 36.0 Å². The molecule has 0 saturated heterocycles. The Morgan fingerprint density at radius 3 is 1.74 bits per heavy atom. The maximum absolute atomic E-state index is 12.6. The highest BCUT2D eigenvalue weighted by atomic mass is 32.2. The van der Waals surface area contributed by atoms with Gasteiger partial charge in [0.05, 0.1) is 24.4 Å². The molecule has 0 aromatic carbocycles. The fourth-order valence-corrected chi connectivity index (χ4v) is 6.43. The second-order valence-corrected chi connectivity index (χ2v) is 11.9. The largest absolute Gasteiger partial charge is 0.534 e. The predicted octanol–water partition coefficient (Wildman–Crippen LogP) is 3.73. The average Bonchev–Trinajstić information content (AvgIpc) is 2.90. The van der Waals surface area contributed by atoms with Crippen LogP contribution in [0.5, 0.6) is 0 Å². The number of methoxy groups -OCH3 is 2. The van der Waals surface area contributed by atoms with Gasteiger partial charge in [-0.3, -0.25) is 14.4 Å². The molecule has 0 radical (unpaired) electrons. The Hall–Kier alpha value is -2.19. The summed E-state index contributed by atoms with van der Waals surface area (Å²) in [5.41, 5.74) is -9.18. The molecule has 0 unspecified atom stereocenters. The third-order valence-corrected chi connectivity index (χ3v) is 9.47. The number of carbonyl (C=O) groups excluding carboxylic acids is 3. The van der Waals surface area contributed by atoms with Crippen LogP contribution < -0.4 is 0 Å². The topological polar surface area (TPSA) is 132 Å².